The molecule has 1 aliphatic heterocycles. The number of amides is 1. The number of benzene rings is 1. The number of ether oxygens (including phenoxy) is 1. The fraction of sp³-hybridized carbons (Fsp3) is 0.500. The Morgan fingerprint density at radius 1 is 1.24 bits per heavy atom. The van der Waals surface area contributed by atoms with Gasteiger partial charge in [0.25, 0.3) is 5.91 Å². The van der Waals surface area contributed by atoms with Crippen LogP contribution in [0.25, 0.3) is 11.0 Å². The summed E-state index contributed by atoms with van der Waals surface area (Å²) in [7, 11) is 0. The number of carbonyl (C=O) groups excluding carboxylic acids is 1. The van der Waals surface area contributed by atoms with E-state index in [1.807, 2.05) is 0 Å². The summed E-state index contributed by atoms with van der Waals surface area (Å²) in [5.74, 6) is -1.000. The Labute approximate surface area is 144 Å². The van der Waals surface area contributed by atoms with E-state index in [1.165, 1.54) is 24.5 Å². The molecular formula is C18H20FN3O3. The van der Waals surface area contributed by atoms with E-state index in [0.29, 0.717) is 30.8 Å². The summed E-state index contributed by atoms with van der Waals surface area (Å²) in [6.45, 7) is 1.19. The lowest BCUT2D eigenvalue weighted by Gasteiger charge is -2.40. The molecular weight excluding hydrogens is 325 g/mol. The summed E-state index contributed by atoms with van der Waals surface area (Å²) in [5.41, 5.74) is 0.895. The van der Waals surface area contributed by atoms with Gasteiger partial charge in [-0.2, -0.15) is 0 Å². The standard InChI is InChI=1S/C18H20FN3O3/c19-13-9-15-14(20-4-5-21-15)8-12(13)18(24)22-6-7-25-10-16(22)11-2-1-3-17(11)23/h4-5,8-9,11,16-17,23H,1-3,6-7,10H2. The maximum atomic E-state index is 14.5. The second-order valence-corrected chi connectivity index (χ2v) is 6.68. The molecule has 2 aliphatic rings. The van der Waals surface area contributed by atoms with Gasteiger partial charge in [-0.3, -0.25) is 14.8 Å². The van der Waals surface area contributed by atoms with Gasteiger partial charge in [-0.1, -0.05) is 6.42 Å². The van der Waals surface area contributed by atoms with Crippen molar-refractivity contribution in [3.05, 3.63) is 35.9 Å². The molecule has 1 aliphatic carbocycles. The van der Waals surface area contributed by atoms with Gasteiger partial charge in [0.2, 0.25) is 0 Å². The Kier molecular flexibility index (Phi) is 4.35. The van der Waals surface area contributed by atoms with Crippen LogP contribution in [0.2, 0.25) is 0 Å². The minimum absolute atomic E-state index is 0.00705. The van der Waals surface area contributed by atoms with Crippen LogP contribution in [0.1, 0.15) is 29.6 Å². The quantitative estimate of drug-likeness (QED) is 0.898. The molecule has 25 heavy (non-hydrogen) atoms. The summed E-state index contributed by atoms with van der Waals surface area (Å²) in [5, 5.41) is 10.2. The molecule has 3 unspecified atom stereocenters. The number of hydrogen-bond donors (Lipinski definition) is 1. The molecule has 2 aromatic rings. The average Bonchev–Trinajstić information content (AvgIpc) is 3.06. The number of aromatic nitrogens is 2. The molecule has 4 rings (SSSR count). The largest absolute Gasteiger partial charge is 0.393 e. The van der Waals surface area contributed by atoms with Gasteiger partial charge in [0, 0.05) is 30.9 Å². The zero-order valence-corrected chi connectivity index (χ0v) is 13.8. The van der Waals surface area contributed by atoms with E-state index in [-0.39, 0.29) is 23.4 Å². The molecule has 1 N–H and O–H groups in total. The minimum Gasteiger partial charge on any atom is -0.393 e. The Morgan fingerprint density at radius 2 is 2.00 bits per heavy atom. The van der Waals surface area contributed by atoms with Crippen LogP contribution < -0.4 is 0 Å². The van der Waals surface area contributed by atoms with Crippen molar-refractivity contribution in [3.8, 4) is 0 Å². The summed E-state index contributed by atoms with van der Waals surface area (Å²) in [6.07, 6.45) is 5.09. The van der Waals surface area contributed by atoms with Crippen molar-refractivity contribution < 1.29 is 19.0 Å². The summed E-state index contributed by atoms with van der Waals surface area (Å²) in [4.78, 5) is 22.9. The maximum Gasteiger partial charge on any atom is 0.257 e. The molecule has 0 radical (unpaired) electrons. The number of aliphatic hydroxyl groups excluding tert-OH is 1. The van der Waals surface area contributed by atoms with Gasteiger partial charge in [-0.25, -0.2) is 4.39 Å². The zero-order valence-electron chi connectivity index (χ0n) is 13.8. The van der Waals surface area contributed by atoms with E-state index in [9.17, 15) is 14.3 Å². The first-order chi connectivity index (χ1) is 12.1. The highest BCUT2D eigenvalue weighted by Gasteiger charge is 2.40. The van der Waals surface area contributed by atoms with E-state index >= 15 is 0 Å². The molecule has 2 fully saturated rings. The molecule has 6 nitrogen and oxygen atoms in total. The average molecular weight is 345 g/mol. The normalized spacial score (nSPS) is 27.0. The monoisotopic (exact) mass is 345 g/mol. The fourth-order valence-electron chi connectivity index (χ4n) is 3.95. The predicted octanol–water partition coefficient (Wildman–Crippen LogP) is 1.77. The van der Waals surface area contributed by atoms with Crippen molar-refractivity contribution in [3.63, 3.8) is 0 Å². The van der Waals surface area contributed by atoms with Crippen LogP contribution in [-0.4, -0.2) is 57.8 Å². The number of nitrogens with zero attached hydrogens (tertiary/aromatic N) is 3. The first-order valence-corrected chi connectivity index (χ1v) is 8.62. The highest BCUT2D eigenvalue weighted by molar-refractivity contribution is 5.97. The molecule has 1 amide bonds. The molecule has 3 atom stereocenters. The molecule has 1 saturated carbocycles. The van der Waals surface area contributed by atoms with Crippen molar-refractivity contribution >= 4 is 16.9 Å². The first kappa shape index (κ1) is 16.4. The number of aliphatic hydroxyl groups is 1. The van der Waals surface area contributed by atoms with Gasteiger partial charge in [0.1, 0.15) is 5.82 Å². The Bertz CT molecular complexity index is 800. The minimum atomic E-state index is -0.602. The number of fused-ring (bicyclic) bond motifs is 1. The van der Waals surface area contributed by atoms with Gasteiger partial charge < -0.3 is 14.7 Å². The van der Waals surface area contributed by atoms with E-state index in [4.69, 9.17) is 4.74 Å². The molecule has 1 aromatic heterocycles. The molecule has 7 heteroatoms. The highest BCUT2D eigenvalue weighted by atomic mass is 19.1. The van der Waals surface area contributed by atoms with Crippen LogP contribution in [0, 0.1) is 11.7 Å². The Morgan fingerprint density at radius 3 is 2.72 bits per heavy atom. The molecule has 1 saturated heterocycles. The number of rotatable bonds is 2. The van der Waals surface area contributed by atoms with Crippen LogP contribution in [0.5, 0.6) is 0 Å². The van der Waals surface area contributed by atoms with Crippen molar-refractivity contribution in [2.75, 3.05) is 19.8 Å². The van der Waals surface area contributed by atoms with Crippen molar-refractivity contribution in [2.45, 2.75) is 31.4 Å². The van der Waals surface area contributed by atoms with Gasteiger partial charge in [-0.15, -0.1) is 0 Å². The van der Waals surface area contributed by atoms with Crippen LogP contribution >= 0.6 is 0 Å². The van der Waals surface area contributed by atoms with E-state index in [2.05, 4.69) is 9.97 Å². The lowest BCUT2D eigenvalue weighted by Crippen LogP contribution is -2.53. The predicted molar refractivity (Wildman–Crippen MR) is 88.5 cm³/mol. The summed E-state index contributed by atoms with van der Waals surface area (Å²) >= 11 is 0. The van der Waals surface area contributed by atoms with Crippen LogP contribution in [0.4, 0.5) is 4.39 Å². The second kappa shape index (κ2) is 6.65. The molecule has 0 bridgehead atoms. The summed E-state index contributed by atoms with van der Waals surface area (Å²) < 4.78 is 20.0. The lowest BCUT2D eigenvalue weighted by atomic mass is 9.93. The van der Waals surface area contributed by atoms with Crippen LogP contribution in [-0.2, 0) is 4.74 Å². The van der Waals surface area contributed by atoms with E-state index in [0.717, 1.165) is 19.3 Å². The third kappa shape index (κ3) is 2.98. The third-order valence-electron chi connectivity index (χ3n) is 5.24. The smallest absolute Gasteiger partial charge is 0.257 e. The first-order valence-electron chi connectivity index (χ1n) is 8.62. The number of morpholine rings is 1. The molecule has 0 spiro atoms. The third-order valence-corrected chi connectivity index (χ3v) is 5.24. The maximum absolute atomic E-state index is 14.5. The van der Waals surface area contributed by atoms with Gasteiger partial charge in [0.15, 0.2) is 0 Å². The van der Waals surface area contributed by atoms with Gasteiger partial charge in [0.05, 0.1) is 42.0 Å². The van der Waals surface area contributed by atoms with Crippen molar-refractivity contribution in [1.29, 1.82) is 0 Å². The van der Waals surface area contributed by atoms with Crippen LogP contribution in [0.3, 0.4) is 0 Å². The second-order valence-electron chi connectivity index (χ2n) is 6.68. The topological polar surface area (TPSA) is 75.6 Å². The summed E-state index contributed by atoms with van der Waals surface area (Å²) in [6, 6.07) is 2.48. The molecule has 1 aromatic carbocycles. The Hall–Kier alpha value is -2.12. The fourth-order valence-corrected chi connectivity index (χ4v) is 3.95. The van der Waals surface area contributed by atoms with Gasteiger partial charge >= 0.3 is 0 Å². The number of halogens is 1. The molecule has 132 valence electrons. The lowest BCUT2D eigenvalue weighted by molar-refractivity contribution is -0.0384. The number of hydrogen-bond acceptors (Lipinski definition) is 5. The van der Waals surface area contributed by atoms with E-state index < -0.39 is 11.9 Å². The van der Waals surface area contributed by atoms with Crippen LogP contribution in [0.15, 0.2) is 24.5 Å². The zero-order chi connectivity index (χ0) is 17.4. The van der Waals surface area contributed by atoms with E-state index in [1.54, 1.807) is 4.90 Å². The van der Waals surface area contributed by atoms with Crippen molar-refractivity contribution in [1.82, 2.24) is 14.9 Å². The highest BCUT2D eigenvalue weighted by Crippen LogP contribution is 2.33. The van der Waals surface area contributed by atoms with Crippen molar-refractivity contribution in [2.24, 2.45) is 5.92 Å². The SMILES string of the molecule is O=C(c1cc2nccnc2cc1F)N1CCOCC1C1CCCC1O. The van der Waals surface area contributed by atoms with Gasteiger partial charge in [-0.05, 0) is 18.9 Å². The Balaban J connectivity index is 1.67. The number of carbonyl (C=O) groups is 1. The molecule has 2 heterocycles.